The van der Waals surface area contributed by atoms with Crippen molar-refractivity contribution < 1.29 is 23.9 Å². The first-order valence-corrected chi connectivity index (χ1v) is 13.8. The van der Waals surface area contributed by atoms with Crippen LogP contribution >= 0.6 is 0 Å². The third kappa shape index (κ3) is 4.95. The maximum atomic E-state index is 14.3. The van der Waals surface area contributed by atoms with Crippen molar-refractivity contribution >= 4 is 29.2 Å². The molecule has 2 amide bonds. The number of methoxy groups -OCH3 is 1. The summed E-state index contributed by atoms with van der Waals surface area (Å²) < 4.78 is 10.4. The Morgan fingerprint density at radius 3 is 2.55 bits per heavy atom. The second kappa shape index (κ2) is 10.8. The second-order valence-electron chi connectivity index (χ2n) is 10.7. The van der Waals surface area contributed by atoms with E-state index in [1.165, 1.54) is 7.11 Å². The Kier molecular flexibility index (Phi) is 7.02. The van der Waals surface area contributed by atoms with E-state index >= 15 is 0 Å². The number of piperidine rings is 1. The first-order chi connectivity index (χ1) is 19.4. The molecule has 0 unspecified atom stereocenters. The van der Waals surface area contributed by atoms with Crippen LogP contribution in [-0.2, 0) is 14.3 Å². The normalized spacial score (nSPS) is 20.4. The fraction of sp³-hybridized carbons (Fsp3) is 0.344. The highest BCUT2D eigenvalue weighted by Crippen LogP contribution is 2.41. The molecule has 3 aromatic carbocycles. The zero-order valence-corrected chi connectivity index (χ0v) is 22.8. The Bertz CT molecular complexity index is 1450. The number of likely N-dealkylation sites (N-methyl/N-ethyl adjacent to an activating group) is 1. The quantitative estimate of drug-likeness (QED) is 0.468. The van der Waals surface area contributed by atoms with Crippen LogP contribution in [0.4, 0.5) is 11.4 Å². The van der Waals surface area contributed by atoms with Crippen molar-refractivity contribution in [1.29, 1.82) is 0 Å². The molecule has 2 heterocycles. The number of rotatable bonds is 6. The lowest BCUT2D eigenvalue weighted by molar-refractivity contribution is -0.123. The van der Waals surface area contributed by atoms with E-state index in [1.807, 2.05) is 41.3 Å². The summed E-state index contributed by atoms with van der Waals surface area (Å²) in [5.74, 6) is 0.139. The lowest BCUT2D eigenvalue weighted by atomic mass is 9.79. The lowest BCUT2D eigenvalue weighted by Crippen LogP contribution is -2.47. The highest BCUT2D eigenvalue weighted by Gasteiger charge is 2.41. The average molecular weight is 540 g/mol. The largest absolute Gasteiger partial charge is 0.482 e. The number of nitrogens with zero attached hydrogens (tertiary/aromatic N) is 2. The van der Waals surface area contributed by atoms with Crippen LogP contribution in [0.1, 0.15) is 41.1 Å². The summed E-state index contributed by atoms with van der Waals surface area (Å²) >= 11 is 0. The van der Waals surface area contributed by atoms with E-state index in [9.17, 15) is 14.4 Å². The summed E-state index contributed by atoms with van der Waals surface area (Å²) in [6.07, 6.45) is 2.79. The van der Waals surface area contributed by atoms with Gasteiger partial charge in [0.1, 0.15) is 5.75 Å². The van der Waals surface area contributed by atoms with Crippen LogP contribution in [0.15, 0.2) is 66.7 Å². The molecule has 0 bridgehead atoms. The van der Waals surface area contributed by atoms with Crippen molar-refractivity contribution in [2.45, 2.75) is 31.2 Å². The molecule has 8 nitrogen and oxygen atoms in total. The fourth-order valence-corrected chi connectivity index (χ4v) is 5.82. The van der Waals surface area contributed by atoms with E-state index in [-0.39, 0.29) is 42.3 Å². The Morgan fingerprint density at radius 1 is 1.00 bits per heavy atom. The van der Waals surface area contributed by atoms with E-state index in [4.69, 9.17) is 9.47 Å². The van der Waals surface area contributed by atoms with Gasteiger partial charge in [0.05, 0.1) is 24.3 Å². The van der Waals surface area contributed by atoms with Crippen LogP contribution in [-0.4, -0.2) is 57.7 Å². The van der Waals surface area contributed by atoms with Gasteiger partial charge in [-0.2, -0.15) is 0 Å². The van der Waals surface area contributed by atoms with E-state index < -0.39 is 0 Å². The first kappa shape index (κ1) is 26.1. The Balaban J connectivity index is 1.29. The van der Waals surface area contributed by atoms with Gasteiger partial charge in [-0.3, -0.25) is 9.59 Å². The van der Waals surface area contributed by atoms with Gasteiger partial charge < -0.3 is 24.6 Å². The number of carbonyl (C=O) groups excluding carboxylic acids is 3. The van der Waals surface area contributed by atoms with Gasteiger partial charge in [0, 0.05) is 25.3 Å². The molecular formula is C32H33N3O5. The molecule has 3 aliphatic rings. The molecule has 206 valence electrons. The molecule has 1 N–H and O–H groups in total. The van der Waals surface area contributed by atoms with E-state index in [0.717, 1.165) is 48.2 Å². The summed E-state index contributed by atoms with van der Waals surface area (Å²) in [6.45, 7) is 1.48. The molecular weight excluding hydrogens is 506 g/mol. The summed E-state index contributed by atoms with van der Waals surface area (Å²) in [6, 6.07) is 21.6. The van der Waals surface area contributed by atoms with Gasteiger partial charge in [-0.05, 0) is 78.7 Å². The maximum absolute atomic E-state index is 14.3. The number of fused-ring (bicyclic) bond motifs is 1. The molecule has 3 aromatic rings. The minimum Gasteiger partial charge on any atom is -0.482 e. The summed E-state index contributed by atoms with van der Waals surface area (Å²) in [4.78, 5) is 41.9. The van der Waals surface area contributed by atoms with Crippen molar-refractivity contribution in [3.05, 3.63) is 77.9 Å². The van der Waals surface area contributed by atoms with Crippen LogP contribution in [0.3, 0.4) is 0 Å². The number of hydrogen-bond acceptors (Lipinski definition) is 6. The van der Waals surface area contributed by atoms with E-state index in [1.54, 1.807) is 24.1 Å². The Hall–Kier alpha value is -4.17. The first-order valence-electron chi connectivity index (χ1n) is 13.8. The van der Waals surface area contributed by atoms with Gasteiger partial charge in [0.15, 0.2) is 6.61 Å². The van der Waals surface area contributed by atoms with Crippen LogP contribution < -0.4 is 19.9 Å². The second-order valence-corrected chi connectivity index (χ2v) is 10.7. The van der Waals surface area contributed by atoms with Crippen molar-refractivity contribution in [2.75, 3.05) is 43.7 Å². The molecule has 1 aliphatic carbocycles. The Morgan fingerprint density at radius 2 is 1.80 bits per heavy atom. The minimum atomic E-state index is -0.360. The number of hydrogen-bond donors (Lipinski definition) is 1. The number of ether oxygens (including phenoxy) is 2. The third-order valence-corrected chi connectivity index (χ3v) is 8.21. The summed E-state index contributed by atoms with van der Waals surface area (Å²) in [5.41, 5.74) is 5.18. The molecule has 6 rings (SSSR count). The van der Waals surface area contributed by atoms with Gasteiger partial charge in [-0.25, -0.2) is 4.79 Å². The topological polar surface area (TPSA) is 88.2 Å². The SMILES string of the molecule is COC(=O)c1ccc(-c2cccc([C@H]3CCNC[C@@H]3C(=O)N(c3ccc4c(c3)N(C)C(=O)CO4)C3CC3)c2)cc1. The van der Waals surface area contributed by atoms with Crippen LogP contribution in [0.25, 0.3) is 11.1 Å². The molecule has 40 heavy (non-hydrogen) atoms. The standard InChI is InChI=1S/C32H33N3O5/c1-34-28-17-25(12-13-29(28)40-19-30(34)36)35(24-10-11-24)31(37)27-18-33-15-14-26(27)23-5-3-4-22(16-23)20-6-8-21(9-7-20)32(38)39-2/h3-9,12-13,16-17,24,26-27,33H,10-11,14-15,18-19H2,1-2H3/t26-,27+/m1/s1. The van der Waals surface area contributed by atoms with Gasteiger partial charge in [-0.15, -0.1) is 0 Å². The van der Waals surface area contributed by atoms with E-state index in [0.29, 0.717) is 23.5 Å². The van der Waals surface area contributed by atoms with Gasteiger partial charge in [-0.1, -0.05) is 36.4 Å². The predicted octanol–water partition coefficient (Wildman–Crippen LogP) is 4.38. The molecule has 1 saturated carbocycles. The number of carbonyl (C=O) groups is 3. The highest BCUT2D eigenvalue weighted by atomic mass is 16.5. The zero-order chi connectivity index (χ0) is 27.8. The third-order valence-electron chi connectivity index (χ3n) is 8.21. The predicted molar refractivity (Wildman–Crippen MR) is 153 cm³/mol. The minimum absolute atomic E-state index is 0.0258. The number of anilines is 2. The molecule has 0 radical (unpaired) electrons. The Labute approximate surface area is 233 Å². The number of benzene rings is 3. The molecule has 2 aliphatic heterocycles. The molecule has 1 saturated heterocycles. The summed E-state index contributed by atoms with van der Waals surface area (Å²) in [7, 11) is 3.12. The average Bonchev–Trinajstić information content (AvgIpc) is 3.84. The van der Waals surface area contributed by atoms with Crippen LogP contribution in [0, 0.1) is 5.92 Å². The van der Waals surface area contributed by atoms with Gasteiger partial charge in [0.25, 0.3) is 5.91 Å². The van der Waals surface area contributed by atoms with Crippen molar-refractivity contribution in [1.82, 2.24) is 5.32 Å². The van der Waals surface area contributed by atoms with Gasteiger partial charge in [0.2, 0.25) is 5.91 Å². The molecule has 0 spiro atoms. The van der Waals surface area contributed by atoms with Crippen LogP contribution in [0.2, 0.25) is 0 Å². The number of esters is 1. The lowest BCUT2D eigenvalue weighted by Gasteiger charge is -2.36. The van der Waals surface area contributed by atoms with Crippen molar-refractivity contribution in [2.24, 2.45) is 5.92 Å². The van der Waals surface area contributed by atoms with Crippen molar-refractivity contribution in [3.63, 3.8) is 0 Å². The molecule has 2 fully saturated rings. The number of nitrogens with one attached hydrogen (secondary N) is 1. The van der Waals surface area contributed by atoms with E-state index in [2.05, 4.69) is 23.5 Å². The zero-order valence-electron chi connectivity index (χ0n) is 22.8. The molecule has 2 atom stereocenters. The molecule has 0 aromatic heterocycles. The van der Waals surface area contributed by atoms with Crippen molar-refractivity contribution in [3.8, 4) is 16.9 Å². The monoisotopic (exact) mass is 539 g/mol. The highest BCUT2D eigenvalue weighted by molar-refractivity contribution is 6.01. The fourth-order valence-electron chi connectivity index (χ4n) is 5.82. The van der Waals surface area contributed by atoms with Gasteiger partial charge >= 0.3 is 5.97 Å². The van der Waals surface area contributed by atoms with Crippen LogP contribution in [0.5, 0.6) is 5.75 Å². The smallest absolute Gasteiger partial charge is 0.337 e. The maximum Gasteiger partial charge on any atom is 0.337 e. The summed E-state index contributed by atoms with van der Waals surface area (Å²) in [5, 5.41) is 3.45. The molecule has 8 heteroatoms. The number of amides is 2.